The fourth-order valence-corrected chi connectivity index (χ4v) is 3.91. The third-order valence-corrected chi connectivity index (χ3v) is 5.05. The Hall–Kier alpha value is -0.410. The van der Waals surface area contributed by atoms with E-state index in [2.05, 4.69) is 16.7 Å². The van der Waals surface area contributed by atoms with Gasteiger partial charge in [0.1, 0.15) is 5.78 Å². The van der Waals surface area contributed by atoms with Crippen molar-refractivity contribution in [3.63, 3.8) is 0 Å². The van der Waals surface area contributed by atoms with E-state index >= 15 is 0 Å². The fourth-order valence-electron chi connectivity index (χ4n) is 3.91. The van der Waals surface area contributed by atoms with E-state index in [1.807, 2.05) is 0 Å². The first kappa shape index (κ1) is 12.6. The number of piperidine rings is 2. The van der Waals surface area contributed by atoms with Crippen LogP contribution in [-0.2, 0) is 4.79 Å². The summed E-state index contributed by atoms with van der Waals surface area (Å²) in [4.78, 5) is 17.0. The van der Waals surface area contributed by atoms with Gasteiger partial charge >= 0.3 is 0 Å². The predicted octanol–water partition coefficient (Wildman–Crippen LogP) is 2.06. The number of carbonyl (C=O) groups excluding carboxylic acids is 1. The highest BCUT2D eigenvalue weighted by Crippen LogP contribution is 2.32. The summed E-state index contributed by atoms with van der Waals surface area (Å²) < 4.78 is 0. The molecule has 1 aliphatic carbocycles. The van der Waals surface area contributed by atoms with Crippen LogP contribution in [0.1, 0.15) is 51.9 Å². The van der Waals surface area contributed by atoms with E-state index in [1.165, 1.54) is 51.7 Å². The zero-order chi connectivity index (χ0) is 12.5. The van der Waals surface area contributed by atoms with Gasteiger partial charge in [0.15, 0.2) is 0 Å². The summed E-state index contributed by atoms with van der Waals surface area (Å²) in [5, 5.41) is 0. The van der Waals surface area contributed by atoms with Gasteiger partial charge in [0.2, 0.25) is 0 Å². The Morgan fingerprint density at radius 3 is 2.39 bits per heavy atom. The van der Waals surface area contributed by atoms with Gasteiger partial charge in [0, 0.05) is 44.1 Å². The molecule has 3 fully saturated rings. The summed E-state index contributed by atoms with van der Waals surface area (Å²) in [6, 6.07) is 2.02. The molecule has 2 atom stereocenters. The first-order valence-corrected chi connectivity index (χ1v) is 7.79. The Bertz CT molecular complexity index is 298. The normalized spacial score (nSPS) is 33.1. The minimum Gasteiger partial charge on any atom is -0.300 e. The highest BCUT2D eigenvalue weighted by molar-refractivity contribution is 5.80. The van der Waals surface area contributed by atoms with Crippen molar-refractivity contribution in [3.05, 3.63) is 0 Å². The second kappa shape index (κ2) is 5.30. The largest absolute Gasteiger partial charge is 0.300 e. The van der Waals surface area contributed by atoms with E-state index in [0.29, 0.717) is 17.9 Å². The number of hydrogen-bond acceptors (Lipinski definition) is 3. The maximum Gasteiger partial charge on any atom is 0.136 e. The maximum absolute atomic E-state index is 11.7. The van der Waals surface area contributed by atoms with Crippen LogP contribution in [0.2, 0.25) is 0 Å². The molecule has 18 heavy (non-hydrogen) atoms. The molecular weight excluding hydrogens is 224 g/mol. The molecule has 0 aromatic rings. The highest BCUT2D eigenvalue weighted by Gasteiger charge is 2.37. The van der Waals surface area contributed by atoms with Gasteiger partial charge in [-0.15, -0.1) is 0 Å². The summed E-state index contributed by atoms with van der Waals surface area (Å²) in [6.07, 6.45) is 8.28. The van der Waals surface area contributed by atoms with Gasteiger partial charge in [0.05, 0.1) is 0 Å². The summed E-state index contributed by atoms with van der Waals surface area (Å²) in [5.41, 5.74) is 0. The molecule has 2 heterocycles. The van der Waals surface area contributed by atoms with Gasteiger partial charge in [-0.05, 0) is 32.2 Å². The Balaban J connectivity index is 1.56. The number of rotatable bonds is 5. The molecule has 2 bridgehead atoms. The van der Waals surface area contributed by atoms with E-state index < -0.39 is 0 Å². The standard InChI is InChI=1S/C15H26N2O/c1-2-16(12-6-7-12)8-9-17-13-4-3-5-14(17)11-15(18)10-13/h12-14H,2-11H2,1H3. The third-order valence-electron chi connectivity index (χ3n) is 5.05. The lowest BCUT2D eigenvalue weighted by molar-refractivity contribution is -0.127. The minimum atomic E-state index is 0.510. The predicted molar refractivity (Wildman–Crippen MR) is 72.6 cm³/mol. The maximum atomic E-state index is 11.7. The molecule has 3 heteroatoms. The second-order valence-electron chi connectivity index (χ2n) is 6.28. The van der Waals surface area contributed by atoms with Gasteiger partial charge in [-0.1, -0.05) is 13.3 Å². The molecule has 102 valence electrons. The number of nitrogens with zero attached hydrogens (tertiary/aromatic N) is 2. The van der Waals surface area contributed by atoms with Crippen LogP contribution in [0.4, 0.5) is 0 Å². The molecule has 3 aliphatic rings. The summed E-state index contributed by atoms with van der Waals surface area (Å²) >= 11 is 0. The van der Waals surface area contributed by atoms with Crippen molar-refractivity contribution in [2.45, 2.75) is 70.0 Å². The Kier molecular flexibility index (Phi) is 3.71. The Morgan fingerprint density at radius 2 is 1.83 bits per heavy atom. The smallest absolute Gasteiger partial charge is 0.136 e. The van der Waals surface area contributed by atoms with Crippen LogP contribution in [0.5, 0.6) is 0 Å². The number of fused-ring (bicyclic) bond motifs is 2. The Morgan fingerprint density at radius 1 is 1.17 bits per heavy atom. The van der Waals surface area contributed by atoms with Crippen LogP contribution in [-0.4, -0.2) is 53.3 Å². The van der Waals surface area contributed by atoms with Crippen LogP contribution in [0.3, 0.4) is 0 Å². The molecule has 0 amide bonds. The average molecular weight is 250 g/mol. The Labute approximate surface area is 111 Å². The molecule has 0 radical (unpaired) electrons. The summed E-state index contributed by atoms with van der Waals surface area (Å²) in [6.45, 7) is 5.86. The number of ketones is 1. The molecule has 0 N–H and O–H groups in total. The molecule has 1 saturated carbocycles. The van der Waals surface area contributed by atoms with Crippen molar-refractivity contribution in [2.24, 2.45) is 0 Å². The number of likely N-dealkylation sites (N-methyl/N-ethyl adjacent to an activating group) is 1. The lowest BCUT2D eigenvalue weighted by Crippen LogP contribution is -2.54. The zero-order valence-corrected chi connectivity index (χ0v) is 11.6. The van der Waals surface area contributed by atoms with Crippen LogP contribution in [0.25, 0.3) is 0 Å². The summed E-state index contributed by atoms with van der Waals surface area (Å²) in [7, 11) is 0. The first-order valence-electron chi connectivity index (χ1n) is 7.79. The van der Waals surface area contributed by atoms with E-state index in [1.54, 1.807) is 0 Å². The van der Waals surface area contributed by atoms with Gasteiger partial charge in [-0.2, -0.15) is 0 Å². The fraction of sp³-hybridized carbons (Fsp3) is 0.933. The minimum absolute atomic E-state index is 0.510. The molecule has 0 aromatic carbocycles. The van der Waals surface area contributed by atoms with Crippen LogP contribution in [0, 0.1) is 0 Å². The van der Waals surface area contributed by atoms with Crippen molar-refractivity contribution < 1.29 is 4.79 Å². The number of Topliss-reactive ketones (excluding diaryl/α,β-unsaturated/α-hetero) is 1. The van der Waals surface area contributed by atoms with E-state index in [-0.39, 0.29) is 0 Å². The zero-order valence-electron chi connectivity index (χ0n) is 11.6. The lowest BCUT2D eigenvalue weighted by Gasteiger charge is -2.46. The SMILES string of the molecule is CCN(CCN1C2CCCC1CC(=O)C2)C1CC1. The monoisotopic (exact) mass is 250 g/mol. The van der Waals surface area contributed by atoms with Gasteiger partial charge in [-0.3, -0.25) is 14.6 Å². The van der Waals surface area contributed by atoms with Crippen molar-refractivity contribution in [1.82, 2.24) is 9.80 Å². The molecule has 2 saturated heterocycles. The third kappa shape index (κ3) is 2.62. The van der Waals surface area contributed by atoms with Crippen LogP contribution in [0.15, 0.2) is 0 Å². The molecule has 2 aliphatic heterocycles. The molecule has 3 rings (SSSR count). The highest BCUT2D eigenvalue weighted by atomic mass is 16.1. The number of carbonyl (C=O) groups is 1. The molecule has 0 spiro atoms. The lowest BCUT2D eigenvalue weighted by atomic mass is 9.84. The van der Waals surface area contributed by atoms with E-state index in [0.717, 1.165) is 18.9 Å². The van der Waals surface area contributed by atoms with Crippen LogP contribution >= 0.6 is 0 Å². The molecule has 0 aromatic heterocycles. The first-order chi connectivity index (χ1) is 8.78. The van der Waals surface area contributed by atoms with Gasteiger partial charge in [0.25, 0.3) is 0 Å². The van der Waals surface area contributed by atoms with E-state index in [4.69, 9.17) is 0 Å². The average Bonchev–Trinajstić information content (AvgIpc) is 3.14. The van der Waals surface area contributed by atoms with Crippen molar-refractivity contribution in [2.75, 3.05) is 19.6 Å². The van der Waals surface area contributed by atoms with Crippen molar-refractivity contribution in [3.8, 4) is 0 Å². The molecule has 2 unspecified atom stereocenters. The second-order valence-corrected chi connectivity index (χ2v) is 6.28. The van der Waals surface area contributed by atoms with Crippen LogP contribution < -0.4 is 0 Å². The summed E-state index contributed by atoms with van der Waals surface area (Å²) in [5.74, 6) is 0.510. The van der Waals surface area contributed by atoms with Gasteiger partial charge < -0.3 is 0 Å². The van der Waals surface area contributed by atoms with Crippen molar-refractivity contribution in [1.29, 1.82) is 0 Å². The number of hydrogen-bond donors (Lipinski definition) is 0. The molecule has 3 nitrogen and oxygen atoms in total. The molecular formula is C15H26N2O. The van der Waals surface area contributed by atoms with Crippen molar-refractivity contribution >= 4 is 5.78 Å². The quantitative estimate of drug-likeness (QED) is 0.746. The van der Waals surface area contributed by atoms with Gasteiger partial charge in [-0.25, -0.2) is 0 Å². The topological polar surface area (TPSA) is 23.6 Å². The van der Waals surface area contributed by atoms with E-state index in [9.17, 15) is 4.79 Å².